The first-order valence-electron chi connectivity index (χ1n) is 10.4. The number of hydrogen-bond donors (Lipinski definition) is 1. The summed E-state index contributed by atoms with van der Waals surface area (Å²) in [6.07, 6.45) is 0.801. The van der Waals surface area contributed by atoms with Gasteiger partial charge >= 0.3 is 0 Å². The summed E-state index contributed by atoms with van der Waals surface area (Å²) < 4.78 is 20.3. The predicted octanol–water partition coefficient (Wildman–Crippen LogP) is 4.37. The molecule has 2 aromatic heterocycles. The molecule has 8 heteroatoms. The lowest BCUT2D eigenvalue weighted by molar-refractivity contribution is -0.0633. The highest BCUT2D eigenvalue weighted by Crippen LogP contribution is 2.33. The third-order valence-electron chi connectivity index (χ3n) is 5.38. The molecule has 0 bridgehead atoms. The number of nitrogens with one attached hydrogen (secondary N) is 1. The zero-order chi connectivity index (χ0) is 21.9. The van der Waals surface area contributed by atoms with Crippen molar-refractivity contribution in [3.8, 4) is 17.3 Å². The Hall–Kier alpha value is -3.80. The van der Waals surface area contributed by atoms with E-state index >= 15 is 0 Å². The van der Waals surface area contributed by atoms with Crippen molar-refractivity contribution in [1.29, 1.82) is 5.26 Å². The number of hydrazine groups is 1. The maximum atomic E-state index is 14.9. The molecule has 3 heterocycles. The van der Waals surface area contributed by atoms with E-state index in [9.17, 15) is 4.39 Å². The molecule has 1 aliphatic heterocycles. The fourth-order valence-electron chi connectivity index (χ4n) is 3.90. The van der Waals surface area contributed by atoms with Gasteiger partial charge in [0.2, 0.25) is 5.95 Å². The van der Waals surface area contributed by atoms with Gasteiger partial charge in [0.15, 0.2) is 6.30 Å². The van der Waals surface area contributed by atoms with E-state index in [2.05, 4.69) is 11.1 Å². The Morgan fingerprint density at radius 1 is 1.16 bits per heavy atom. The van der Waals surface area contributed by atoms with Crippen molar-refractivity contribution in [2.75, 3.05) is 24.8 Å². The molecule has 32 heavy (non-hydrogen) atoms. The van der Waals surface area contributed by atoms with Gasteiger partial charge in [-0.05, 0) is 29.8 Å². The van der Waals surface area contributed by atoms with Gasteiger partial charge in [0, 0.05) is 23.7 Å². The number of nitriles is 1. The molecular formula is C24H21FN6O. The maximum Gasteiger partial charge on any atom is 0.247 e. The molecule has 2 aromatic carbocycles. The molecule has 7 nitrogen and oxygen atoms in total. The zero-order valence-electron chi connectivity index (χ0n) is 17.3. The second kappa shape index (κ2) is 8.75. The second-order valence-electron chi connectivity index (χ2n) is 7.47. The Morgan fingerprint density at radius 2 is 2.03 bits per heavy atom. The van der Waals surface area contributed by atoms with Crippen molar-refractivity contribution in [1.82, 2.24) is 20.0 Å². The lowest BCUT2D eigenvalue weighted by atomic mass is 10.0. The number of hydrogen-bond acceptors (Lipinski definition) is 6. The lowest BCUT2D eigenvalue weighted by Gasteiger charge is -2.39. The highest BCUT2D eigenvalue weighted by atomic mass is 19.1. The summed E-state index contributed by atoms with van der Waals surface area (Å²) in [5, 5.41) is 13.3. The number of para-hydroxylation sites is 1. The molecular weight excluding hydrogens is 407 g/mol. The first-order valence-corrected chi connectivity index (χ1v) is 10.4. The molecule has 0 saturated carbocycles. The summed E-state index contributed by atoms with van der Waals surface area (Å²) >= 11 is 0. The Balaban J connectivity index is 1.68. The van der Waals surface area contributed by atoms with E-state index in [1.54, 1.807) is 10.0 Å². The van der Waals surface area contributed by atoms with Crippen LogP contribution in [0.5, 0.6) is 0 Å². The van der Waals surface area contributed by atoms with Crippen molar-refractivity contribution in [2.45, 2.75) is 12.7 Å². The number of aromatic nitrogens is 3. The summed E-state index contributed by atoms with van der Waals surface area (Å²) in [6.45, 7) is 0.768. The number of H-pyrrole nitrogens is 1. The summed E-state index contributed by atoms with van der Waals surface area (Å²) in [5.74, 6) is 0.358. The highest BCUT2D eigenvalue weighted by molar-refractivity contribution is 5.92. The smallest absolute Gasteiger partial charge is 0.247 e. The predicted molar refractivity (Wildman–Crippen MR) is 120 cm³/mol. The highest BCUT2D eigenvalue weighted by Gasteiger charge is 2.31. The molecule has 0 amide bonds. The topological polar surface area (TPSA) is 81.1 Å². The van der Waals surface area contributed by atoms with E-state index in [0.717, 1.165) is 27.9 Å². The van der Waals surface area contributed by atoms with Crippen LogP contribution in [0.15, 0.2) is 66.9 Å². The minimum absolute atomic E-state index is 0.0167. The zero-order valence-corrected chi connectivity index (χ0v) is 17.3. The van der Waals surface area contributed by atoms with Crippen molar-refractivity contribution in [2.24, 2.45) is 0 Å². The quantitative estimate of drug-likeness (QED) is 0.476. The number of ether oxygens (including phenoxy) is 1. The minimum Gasteiger partial charge on any atom is -0.376 e. The Morgan fingerprint density at radius 3 is 2.84 bits per heavy atom. The van der Waals surface area contributed by atoms with Crippen LogP contribution in [0.3, 0.4) is 0 Å². The van der Waals surface area contributed by atoms with Crippen LogP contribution >= 0.6 is 0 Å². The molecule has 1 atom stereocenters. The third-order valence-corrected chi connectivity index (χ3v) is 5.38. The molecule has 4 aromatic rings. The van der Waals surface area contributed by atoms with Crippen LogP contribution in [0.25, 0.3) is 22.3 Å². The SMILES string of the molecule is N#CCc1cccc(-c2nc(N(c3ccccc3)N3CCOCC3F)nc3[nH]ccc23)c1. The van der Waals surface area contributed by atoms with Crippen molar-refractivity contribution >= 4 is 22.7 Å². The van der Waals surface area contributed by atoms with Crippen LogP contribution in [-0.4, -0.2) is 46.0 Å². The molecule has 1 aliphatic rings. The van der Waals surface area contributed by atoms with Gasteiger partial charge in [-0.3, -0.25) is 0 Å². The van der Waals surface area contributed by atoms with Gasteiger partial charge in [-0.25, -0.2) is 14.4 Å². The van der Waals surface area contributed by atoms with Crippen LogP contribution < -0.4 is 5.01 Å². The molecule has 160 valence electrons. The Kier molecular flexibility index (Phi) is 5.50. The molecule has 0 spiro atoms. The van der Waals surface area contributed by atoms with E-state index in [0.29, 0.717) is 31.2 Å². The van der Waals surface area contributed by atoms with Crippen LogP contribution in [-0.2, 0) is 11.2 Å². The number of anilines is 2. The van der Waals surface area contributed by atoms with Crippen LogP contribution in [0, 0.1) is 11.3 Å². The summed E-state index contributed by atoms with van der Waals surface area (Å²) in [4.78, 5) is 12.8. The largest absolute Gasteiger partial charge is 0.376 e. The Bertz CT molecular complexity index is 1270. The van der Waals surface area contributed by atoms with E-state index in [-0.39, 0.29) is 6.61 Å². The van der Waals surface area contributed by atoms with Crippen LogP contribution in [0.1, 0.15) is 5.56 Å². The fourth-order valence-corrected chi connectivity index (χ4v) is 3.90. The van der Waals surface area contributed by atoms with Crippen LogP contribution in [0.2, 0.25) is 0 Å². The molecule has 5 rings (SSSR count). The number of aromatic amines is 1. The lowest BCUT2D eigenvalue weighted by Crippen LogP contribution is -2.52. The van der Waals surface area contributed by atoms with E-state index in [1.165, 1.54) is 0 Å². The number of halogens is 1. The van der Waals surface area contributed by atoms with Crippen molar-refractivity contribution in [3.63, 3.8) is 0 Å². The monoisotopic (exact) mass is 428 g/mol. The number of nitrogens with zero attached hydrogens (tertiary/aromatic N) is 5. The van der Waals surface area contributed by atoms with Crippen LogP contribution in [0.4, 0.5) is 16.0 Å². The number of benzene rings is 2. The van der Waals surface area contributed by atoms with Crippen molar-refractivity contribution < 1.29 is 9.13 Å². The number of alkyl halides is 1. The molecule has 1 unspecified atom stereocenters. The fraction of sp³-hybridized carbons (Fsp3) is 0.208. The van der Waals surface area contributed by atoms with Gasteiger partial charge in [-0.2, -0.15) is 15.3 Å². The van der Waals surface area contributed by atoms with Gasteiger partial charge in [-0.1, -0.05) is 36.4 Å². The third kappa shape index (κ3) is 3.80. The number of morpholine rings is 1. The van der Waals surface area contributed by atoms with E-state index < -0.39 is 6.30 Å². The van der Waals surface area contributed by atoms with Gasteiger partial charge in [0.25, 0.3) is 0 Å². The summed E-state index contributed by atoms with van der Waals surface area (Å²) in [7, 11) is 0. The molecule has 0 radical (unpaired) electrons. The normalized spacial score (nSPS) is 16.7. The summed E-state index contributed by atoms with van der Waals surface area (Å²) in [6, 6.07) is 21.4. The average Bonchev–Trinajstić information content (AvgIpc) is 3.30. The van der Waals surface area contributed by atoms with Gasteiger partial charge in [0.05, 0.1) is 37.1 Å². The molecule has 1 saturated heterocycles. The number of rotatable bonds is 5. The first-order chi connectivity index (χ1) is 15.7. The molecule has 0 aliphatic carbocycles. The van der Waals surface area contributed by atoms with Gasteiger partial charge < -0.3 is 9.72 Å². The maximum absolute atomic E-state index is 14.9. The second-order valence-corrected chi connectivity index (χ2v) is 7.47. The average molecular weight is 428 g/mol. The van der Waals surface area contributed by atoms with Crippen molar-refractivity contribution in [3.05, 3.63) is 72.4 Å². The van der Waals surface area contributed by atoms with E-state index in [4.69, 9.17) is 20.0 Å². The standard InChI is InChI=1S/C24H21FN6O/c25-21-16-32-14-13-30(21)31(19-7-2-1-3-8-19)24-28-22(20-10-12-27-23(20)29-24)18-6-4-5-17(15-18)9-11-26/h1-8,10,12,15,21H,9,13-14,16H2,(H,27,28,29). The van der Waals surface area contributed by atoms with E-state index in [1.807, 2.05) is 66.9 Å². The molecule has 1 N–H and O–H groups in total. The minimum atomic E-state index is -1.32. The first kappa shape index (κ1) is 20.1. The number of fused-ring (bicyclic) bond motifs is 1. The van der Waals surface area contributed by atoms with Gasteiger partial charge in [0.1, 0.15) is 5.65 Å². The summed E-state index contributed by atoms with van der Waals surface area (Å²) in [5.41, 5.74) is 3.91. The molecule has 1 fully saturated rings. The Labute approximate surface area is 184 Å². The van der Waals surface area contributed by atoms with Gasteiger partial charge in [-0.15, -0.1) is 0 Å².